The zero-order chi connectivity index (χ0) is 26.6. The Morgan fingerprint density at radius 3 is 2.36 bits per heavy atom. The fourth-order valence-corrected chi connectivity index (χ4v) is 4.61. The first-order valence-corrected chi connectivity index (χ1v) is 12.1. The number of nitriles is 1. The second kappa shape index (κ2) is 11.9. The van der Waals surface area contributed by atoms with E-state index in [0.717, 1.165) is 27.8 Å². The average molecular weight is 551 g/mol. The zero-order valence-electron chi connectivity index (χ0n) is 20.9. The molecule has 2 heterocycles. The van der Waals surface area contributed by atoms with E-state index in [2.05, 4.69) is 31.2 Å². The summed E-state index contributed by atoms with van der Waals surface area (Å²) < 4.78 is 29.1. The molecule has 1 N–H and O–H groups in total. The van der Waals surface area contributed by atoms with Crippen molar-refractivity contribution in [3.8, 4) is 23.1 Å². The maximum atomic E-state index is 12.9. The Labute approximate surface area is 230 Å². The minimum atomic E-state index is -2.90. The molecule has 0 spiro atoms. The van der Waals surface area contributed by atoms with Crippen LogP contribution in [-0.2, 0) is 0 Å². The van der Waals surface area contributed by atoms with Gasteiger partial charge >= 0.3 is 12.6 Å². The first-order valence-electron chi connectivity index (χ1n) is 12.1. The minimum absolute atomic E-state index is 0. The second-order valence-corrected chi connectivity index (χ2v) is 8.93. The summed E-state index contributed by atoms with van der Waals surface area (Å²) in [6, 6.07) is 22.7. The van der Waals surface area contributed by atoms with Crippen LogP contribution < -0.4 is 15.0 Å². The van der Waals surface area contributed by atoms with Gasteiger partial charge in [0.05, 0.1) is 11.6 Å². The number of hydrogen-bond acceptors (Lipinski definition) is 6. The normalized spacial score (nSPS) is 15.0. The van der Waals surface area contributed by atoms with Crippen molar-refractivity contribution in [3.63, 3.8) is 0 Å². The molecule has 0 radical (unpaired) electrons. The third-order valence-electron chi connectivity index (χ3n) is 6.47. The topological polar surface area (TPSA) is 94.4 Å². The standard InChI is InChI=1S/C28H24F2N6O2.ClH/c1-18-17-35(14-15-36(18)28(37)32-21-10-12-22(13-11-21)38-27(29)30)26-24-5-3-2-4-23(24)25(33-34-26)20-8-6-19(16-31)7-9-20;/h2-13,18,27H,14-15,17H2,1H3,(H,32,37);1H. The van der Waals surface area contributed by atoms with E-state index in [-0.39, 0.29) is 30.2 Å². The number of carbonyl (C=O) groups is 1. The number of hydrogen-bond donors (Lipinski definition) is 1. The third kappa shape index (κ3) is 5.99. The van der Waals surface area contributed by atoms with Gasteiger partial charge < -0.3 is 19.9 Å². The molecule has 5 rings (SSSR count). The summed E-state index contributed by atoms with van der Waals surface area (Å²) in [4.78, 5) is 16.8. The molecule has 1 aliphatic heterocycles. The second-order valence-electron chi connectivity index (χ2n) is 8.93. The van der Waals surface area contributed by atoms with Crippen LogP contribution in [0.2, 0.25) is 0 Å². The molecule has 11 heteroatoms. The van der Waals surface area contributed by atoms with Crippen LogP contribution in [0, 0.1) is 11.3 Å². The fraction of sp³-hybridized carbons (Fsp3) is 0.214. The molecule has 1 fully saturated rings. The van der Waals surface area contributed by atoms with Gasteiger partial charge in [0, 0.05) is 47.7 Å². The SMILES string of the molecule is CC1CN(c2nnc(-c3ccc(C#N)cc3)c3ccccc23)CCN1C(=O)Nc1ccc(OC(F)F)cc1.Cl. The Kier molecular flexibility index (Phi) is 8.42. The van der Waals surface area contributed by atoms with Gasteiger partial charge in [0.1, 0.15) is 11.4 Å². The van der Waals surface area contributed by atoms with Crippen molar-refractivity contribution in [1.82, 2.24) is 15.1 Å². The van der Waals surface area contributed by atoms with Crippen LogP contribution in [-0.4, -0.2) is 53.4 Å². The summed E-state index contributed by atoms with van der Waals surface area (Å²) in [7, 11) is 0. The Balaban J connectivity index is 0.00000353. The maximum Gasteiger partial charge on any atom is 0.387 e. The molecule has 1 saturated heterocycles. The first-order chi connectivity index (χ1) is 18.4. The minimum Gasteiger partial charge on any atom is -0.435 e. The Morgan fingerprint density at radius 1 is 1.03 bits per heavy atom. The number of alkyl halides is 2. The van der Waals surface area contributed by atoms with Gasteiger partial charge in [-0.2, -0.15) is 14.0 Å². The quantitative estimate of drug-likeness (QED) is 0.331. The zero-order valence-corrected chi connectivity index (χ0v) is 21.7. The number of nitrogens with zero attached hydrogens (tertiary/aromatic N) is 5. The van der Waals surface area contributed by atoms with Crippen molar-refractivity contribution < 1.29 is 18.3 Å². The fourth-order valence-electron chi connectivity index (χ4n) is 4.61. The molecule has 200 valence electrons. The number of rotatable bonds is 5. The van der Waals surface area contributed by atoms with Crippen molar-refractivity contribution in [1.29, 1.82) is 5.26 Å². The molecular formula is C28H25ClF2N6O2. The molecule has 0 bridgehead atoms. The summed E-state index contributed by atoms with van der Waals surface area (Å²) in [6.45, 7) is 0.651. The Bertz CT molecular complexity index is 1500. The van der Waals surface area contributed by atoms with Gasteiger partial charge in [-0.3, -0.25) is 0 Å². The molecule has 4 aromatic rings. The lowest BCUT2D eigenvalue weighted by atomic mass is 10.0. The molecule has 1 unspecified atom stereocenters. The molecule has 2 amide bonds. The van der Waals surface area contributed by atoms with Crippen molar-refractivity contribution in [2.75, 3.05) is 29.9 Å². The number of fused-ring (bicyclic) bond motifs is 1. The molecule has 1 atom stereocenters. The van der Waals surface area contributed by atoms with Gasteiger partial charge in [-0.1, -0.05) is 36.4 Å². The molecule has 3 aromatic carbocycles. The number of ether oxygens (including phenoxy) is 1. The highest BCUT2D eigenvalue weighted by Gasteiger charge is 2.29. The molecule has 1 aromatic heterocycles. The lowest BCUT2D eigenvalue weighted by Crippen LogP contribution is -2.55. The largest absolute Gasteiger partial charge is 0.435 e. The molecule has 0 aliphatic carbocycles. The van der Waals surface area contributed by atoms with E-state index in [0.29, 0.717) is 30.9 Å². The molecule has 1 aliphatic rings. The van der Waals surface area contributed by atoms with E-state index < -0.39 is 6.61 Å². The summed E-state index contributed by atoms with van der Waals surface area (Å²) in [6.07, 6.45) is 0. The number of nitrogens with one attached hydrogen (secondary N) is 1. The van der Waals surface area contributed by atoms with E-state index in [4.69, 9.17) is 5.26 Å². The van der Waals surface area contributed by atoms with E-state index in [1.165, 1.54) is 24.3 Å². The third-order valence-corrected chi connectivity index (χ3v) is 6.47. The summed E-state index contributed by atoms with van der Waals surface area (Å²) in [5.41, 5.74) is 2.69. The molecular weight excluding hydrogens is 526 g/mol. The average Bonchev–Trinajstić information content (AvgIpc) is 2.93. The molecule has 39 heavy (non-hydrogen) atoms. The first kappa shape index (κ1) is 27.5. The van der Waals surface area contributed by atoms with Crippen LogP contribution in [0.15, 0.2) is 72.8 Å². The van der Waals surface area contributed by atoms with Crippen LogP contribution in [0.3, 0.4) is 0 Å². The lowest BCUT2D eigenvalue weighted by molar-refractivity contribution is -0.0498. The summed E-state index contributed by atoms with van der Waals surface area (Å²) in [5, 5.41) is 22.9. The van der Waals surface area contributed by atoms with Gasteiger partial charge in [-0.05, 0) is 43.3 Å². The van der Waals surface area contributed by atoms with Crippen LogP contribution in [0.1, 0.15) is 12.5 Å². The van der Waals surface area contributed by atoms with E-state index in [1.807, 2.05) is 43.3 Å². The van der Waals surface area contributed by atoms with E-state index in [9.17, 15) is 13.6 Å². The van der Waals surface area contributed by atoms with Gasteiger partial charge in [-0.25, -0.2) is 4.79 Å². The van der Waals surface area contributed by atoms with Crippen LogP contribution in [0.4, 0.5) is 25.1 Å². The van der Waals surface area contributed by atoms with Crippen LogP contribution in [0.5, 0.6) is 5.75 Å². The predicted octanol–water partition coefficient (Wildman–Crippen LogP) is 5.93. The summed E-state index contributed by atoms with van der Waals surface area (Å²) in [5.74, 6) is 0.776. The highest BCUT2D eigenvalue weighted by Crippen LogP contribution is 2.32. The van der Waals surface area contributed by atoms with Gasteiger partial charge in [0.15, 0.2) is 5.82 Å². The Hall–Kier alpha value is -4.49. The highest BCUT2D eigenvalue weighted by atomic mass is 35.5. The number of carbonyl (C=O) groups excluding carboxylic acids is 1. The number of amides is 2. The summed E-state index contributed by atoms with van der Waals surface area (Å²) >= 11 is 0. The van der Waals surface area contributed by atoms with Crippen LogP contribution in [0.25, 0.3) is 22.0 Å². The van der Waals surface area contributed by atoms with E-state index >= 15 is 0 Å². The number of aromatic nitrogens is 2. The Morgan fingerprint density at radius 2 is 1.72 bits per heavy atom. The lowest BCUT2D eigenvalue weighted by Gasteiger charge is -2.40. The van der Waals surface area contributed by atoms with Crippen molar-refractivity contribution >= 4 is 40.7 Å². The number of anilines is 2. The predicted molar refractivity (Wildman–Crippen MR) is 147 cm³/mol. The number of piperazine rings is 1. The maximum absolute atomic E-state index is 12.9. The van der Waals surface area contributed by atoms with Crippen molar-refractivity contribution in [2.24, 2.45) is 0 Å². The molecule has 8 nitrogen and oxygen atoms in total. The van der Waals surface area contributed by atoms with Gasteiger partial charge in [0.2, 0.25) is 0 Å². The number of halogens is 3. The van der Waals surface area contributed by atoms with E-state index in [1.54, 1.807) is 17.0 Å². The number of urea groups is 1. The number of benzene rings is 3. The van der Waals surface area contributed by atoms with Crippen LogP contribution >= 0.6 is 12.4 Å². The smallest absolute Gasteiger partial charge is 0.387 e. The molecule has 0 saturated carbocycles. The van der Waals surface area contributed by atoms with Gasteiger partial charge in [0.25, 0.3) is 0 Å². The van der Waals surface area contributed by atoms with Crippen molar-refractivity contribution in [3.05, 3.63) is 78.4 Å². The van der Waals surface area contributed by atoms with Crippen molar-refractivity contribution in [2.45, 2.75) is 19.6 Å². The monoisotopic (exact) mass is 550 g/mol. The highest BCUT2D eigenvalue weighted by molar-refractivity contribution is 6.00. The van der Waals surface area contributed by atoms with Gasteiger partial charge in [-0.15, -0.1) is 22.6 Å².